The molecule has 0 aliphatic rings. The summed E-state index contributed by atoms with van der Waals surface area (Å²) in [6.07, 6.45) is -3.21. The van der Waals surface area contributed by atoms with Crippen LogP contribution in [0, 0.1) is 5.92 Å². The molecule has 0 heterocycles. The third kappa shape index (κ3) is 7.79. The largest absolute Gasteiger partial charge is 0.480 e. The molecule has 10 heteroatoms. The van der Waals surface area contributed by atoms with E-state index in [0.717, 1.165) is 0 Å². The van der Waals surface area contributed by atoms with Gasteiger partial charge in [-0.25, -0.2) is 9.59 Å². The normalized spacial score (nSPS) is 16.5. The Hall–Kier alpha value is -2.20. The molecule has 2 amide bonds. The standard InChI is InChI=1S/C16H28N2O8/c1-5-8(3)12(15(23)24)18-14(22)13(9(4)19)17-11(21)7-10(20)16(25)26-6-2/h8-10,12-13,19-20H,5-7H2,1-4H3,(H,17,21)(H,18,22)(H,23,24)/t8-,9+,10-,12-,13-/m0/s1. The Balaban J connectivity index is 4.96. The van der Waals surface area contributed by atoms with Gasteiger partial charge in [0.15, 0.2) is 6.10 Å². The first-order chi connectivity index (χ1) is 12.0. The summed E-state index contributed by atoms with van der Waals surface area (Å²) in [5.74, 6) is -4.34. The summed E-state index contributed by atoms with van der Waals surface area (Å²) in [5.41, 5.74) is 0. The lowest BCUT2D eigenvalue weighted by Crippen LogP contribution is -2.57. The number of carboxylic acid groups (broad SMARTS) is 1. The van der Waals surface area contributed by atoms with Crippen molar-refractivity contribution in [1.82, 2.24) is 10.6 Å². The summed E-state index contributed by atoms with van der Waals surface area (Å²) in [7, 11) is 0. The molecule has 0 aliphatic heterocycles. The van der Waals surface area contributed by atoms with Crippen molar-refractivity contribution in [3.8, 4) is 0 Å². The minimum absolute atomic E-state index is 0.0302. The fraction of sp³-hybridized carbons (Fsp3) is 0.750. The highest BCUT2D eigenvalue weighted by Gasteiger charge is 2.32. The van der Waals surface area contributed by atoms with E-state index in [-0.39, 0.29) is 12.5 Å². The highest BCUT2D eigenvalue weighted by molar-refractivity contribution is 5.92. The number of rotatable bonds is 11. The molecule has 0 aromatic rings. The molecular formula is C16H28N2O8. The molecular weight excluding hydrogens is 348 g/mol. The Labute approximate surface area is 151 Å². The van der Waals surface area contributed by atoms with Crippen molar-refractivity contribution >= 4 is 23.8 Å². The van der Waals surface area contributed by atoms with Gasteiger partial charge in [-0.2, -0.15) is 0 Å². The topological polar surface area (TPSA) is 162 Å². The lowest BCUT2D eigenvalue weighted by Gasteiger charge is -2.26. The summed E-state index contributed by atoms with van der Waals surface area (Å²) >= 11 is 0. The fourth-order valence-electron chi connectivity index (χ4n) is 2.06. The molecule has 0 radical (unpaired) electrons. The van der Waals surface area contributed by atoms with E-state index >= 15 is 0 Å². The Morgan fingerprint density at radius 3 is 2.00 bits per heavy atom. The zero-order valence-electron chi connectivity index (χ0n) is 15.4. The van der Waals surface area contributed by atoms with Crippen LogP contribution in [0.25, 0.3) is 0 Å². The number of carbonyl (C=O) groups is 4. The van der Waals surface area contributed by atoms with Gasteiger partial charge < -0.3 is 30.7 Å². The quantitative estimate of drug-likeness (QED) is 0.280. The zero-order valence-corrected chi connectivity index (χ0v) is 15.4. The van der Waals surface area contributed by atoms with Crippen LogP contribution in [-0.4, -0.2) is 70.0 Å². The first-order valence-corrected chi connectivity index (χ1v) is 8.40. The molecule has 0 aromatic carbocycles. The van der Waals surface area contributed by atoms with E-state index in [4.69, 9.17) is 0 Å². The van der Waals surface area contributed by atoms with Crippen LogP contribution in [-0.2, 0) is 23.9 Å². The van der Waals surface area contributed by atoms with Crippen molar-refractivity contribution in [3.05, 3.63) is 0 Å². The van der Waals surface area contributed by atoms with Gasteiger partial charge in [0.1, 0.15) is 12.1 Å². The van der Waals surface area contributed by atoms with E-state index < -0.39 is 54.5 Å². The molecule has 5 atom stereocenters. The van der Waals surface area contributed by atoms with Crippen LogP contribution in [0.15, 0.2) is 0 Å². The van der Waals surface area contributed by atoms with E-state index in [0.29, 0.717) is 6.42 Å². The van der Waals surface area contributed by atoms with Crippen LogP contribution in [0.1, 0.15) is 40.5 Å². The first kappa shape index (κ1) is 23.8. The van der Waals surface area contributed by atoms with Crippen molar-refractivity contribution in [2.75, 3.05) is 6.61 Å². The number of carbonyl (C=O) groups excluding carboxylic acids is 3. The molecule has 0 aliphatic carbocycles. The Morgan fingerprint density at radius 2 is 1.58 bits per heavy atom. The van der Waals surface area contributed by atoms with Gasteiger partial charge in [0.05, 0.1) is 19.1 Å². The van der Waals surface area contributed by atoms with Crippen molar-refractivity contribution in [2.45, 2.75) is 64.8 Å². The number of aliphatic carboxylic acids is 1. The average molecular weight is 376 g/mol. The smallest absolute Gasteiger partial charge is 0.335 e. The van der Waals surface area contributed by atoms with Gasteiger partial charge in [0.2, 0.25) is 11.8 Å². The van der Waals surface area contributed by atoms with E-state index in [1.54, 1.807) is 13.8 Å². The van der Waals surface area contributed by atoms with Gasteiger partial charge in [-0.1, -0.05) is 20.3 Å². The van der Waals surface area contributed by atoms with Crippen LogP contribution in [0.4, 0.5) is 0 Å². The molecule has 0 rings (SSSR count). The lowest BCUT2D eigenvalue weighted by atomic mass is 9.98. The average Bonchev–Trinajstić information content (AvgIpc) is 2.56. The number of esters is 1. The Morgan fingerprint density at radius 1 is 1.00 bits per heavy atom. The predicted molar refractivity (Wildman–Crippen MR) is 89.9 cm³/mol. The van der Waals surface area contributed by atoms with Crippen molar-refractivity contribution < 1.29 is 39.2 Å². The van der Waals surface area contributed by atoms with Crippen molar-refractivity contribution in [1.29, 1.82) is 0 Å². The Kier molecular flexibility index (Phi) is 10.5. The number of carboxylic acids is 1. The summed E-state index contributed by atoms with van der Waals surface area (Å²) in [5, 5.41) is 33.0. The molecule has 5 N–H and O–H groups in total. The van der Waals surface area contributed by atoms with E-state index in [2.05, 4.69) is 15.4 Å². The van der Waals surface area contributed by atoms with Gasteiger partial charge >= 0.3 is 11.9 Å². The summed E-state index contributed by atoms with van der Waals surface area (Å²) in [4.78, 5) is 46.8. The maximum Gasteiger partial charge on any atom is 0.335 e. The molecule has 26 heavy (non-hydrogen) atoms. The number of aliphatic hydroxyl groups excluding tert-OH is 2. The molecule has 0 saturated heterocycles. The maximum atomic E-state index is 12.3. The molecule has 0 unspecified atom stereocenters. The highest BCUT2D eigenvalue weighted by atomic mass is 16.5. The third-order valence-corrected chi connectivity index (χ3v) is 3.80. The second-order valence-electron chi connectivity index (χ2n) is 5.97. The summed E-state index contributed by atoms with van der Waals surface area (Å²) in [6, 6.07) is -2.63. The van der Waals surface area contributed by atoms with Crippen molar-refractivity contribution in [2.24, 2.45) is 5.92 Å². The maximum absolute atomic E-state index is 12.3. The van der Waals surface area contributed by atoms with Crippen LogP contribution in [0.2, 0.25) is 0 Å². The van der Waals surface area contributed by atoms with Crippen LogP contribution in [0.5, 0.6) is 0 Å². The number of amides is 2. The minimum Gasteiger partial charge on any atom is -0.480 e. The number of ether oxygens (including phenoxy) is 1. The SMILES string of the molecule is CCOC(=O)[C@@H](O)CC(=O)N[C@H](C(=O)N[C@H](C(=O)O)[C@@H](C)CC)[C@@H](C)O. The van der Waals surface area contributed by atoms with E-state index in [1.807, 2.05) is 0 Å². The molecule has 0 fully saturated rings. The van der Waals surface area contributed by atoms with Gasteiger partial charge in [-0.05, 0) is 19.8 Å². The molecule has 10 nitrogen and oxygen atoms in total. The molecule has 150 valence electrons. The molecule has 0 saturated carbocycles. The third-order valence-electron chi connectivity index (χ3n) is 3.80. The second-order valence-corrected chi connectivity index (χ2v) is 5.97. The monoisotopic (exact) mass is 376 g/mol. The first-order valence-electron chi connectivity index (χ1n) is 8.40. The minimum atomic E-state index is -1.71. The van der Waals surface area contributed by atoms with Crippen LogP contribution >= 0.6 is 0 Å². The van der Waals surface area contributed by atoms with Gasteiger partial charge in [0, 0.05) is 0 Å². The van der Waals surface area contributed by atoms with Gasteiger partial charge in [-0.3, -0.25) is 9.59 Å². The fourth-order valence-corrected chi connectivity index (χ4v) is 2.06. The molecule has 0 bridgehead atoms. The Bertz CT molecular complexity index is 508. The zero-order chi connectivity index (χ0) is 20.4. The molecule has 0 aromatic heterocycles. The number of hydrogen-bond donors (Lipinski definition) is 5. The summed E-state index contributed by atoms with van der Waals surface area (Å²) < 4.78 is 4.56. The van der Waals surface area contributed by atoms with Crippen LogP contribution in [0.3, 0.4) is 0 Å². The highest BCUT2D eigenvalue weighted by Crippen LogP contribution is 2.09. The number of hydrogen-bond acceptors (Lipinski definition) is 7. The molecule has 0 spiro atoms. The second kappa shape index (κ2) is 11.4. The predicted octanol–water partition coefficient (Wildman–Crippen LogP) is -1.22. The van der Waals surface area contributed by atoms with Gasteiger partial charge in [0.25, 0.3) is 0 Å². The van der Waals surface area contributed by atoms with E-state index in [1.165, 1.54) is 13.8 Å². The number of aliphatic hydroxyl groups is 2. The summed E-state index contributed by atoms with van der Waals surface area (Å²) in [6.45, 7) is 6.21. The lowest BCUT2D eigenvalue weighted by molar-refractivity contribution is -0.155. The van der Waals surface area contributed by atoms with Gasteiger partial charge in [-0.15, -0.1) is 0 Å². The van der Waals surface area contributed by atoms with Crippen LogP contribution < -0.4 is 10.6 Å². The number of nitrogens with one attached hydrogen (secondary N) is 2. The van der Waals surface area contributed by atoms with Crippen molar-refractivity contribution in [3.63, 3.8) is 0 Å². The van der Waals surface area contributed by atoms with E-state index in [9.17, 15) is 34.5 Å².